The number of benzene rings is 1. The molecule has 1 fully saturated rings. The van der Waals surface area contributed by atoms with Crippen LogP contribution in [0.5, 0.6) is 5.75 Å². The van der Waals surface area contributed by atoms with Gasteiger partial charge in [0.15, 0.2) is 6.10 Å². The summed E-state index contributed by atoms with van der Waals surface area (Å²) in [6.45, 7) is 2.97. The van der Waals surface area contributed by atoms with Crippen molar-refractivity contribution in [3.8, 4) is 5.75 Å². The number of ether oxygens (including phenoxy) is 2. The van der Waals surface area contributed by atoms with E-state index in [1.807, 2.05) is 0 Å². The second kappa shape index (κ2) is 6.92. The van der Waals surface area contributed by atoms with Crippen LogP contribution in [0.15, 0.2) is 24.3 Å². The first kappa shape index (κ1) is 15.1. The van der Waals surface area contributed by atoms with E-state index in [0.29, 0.717) is 30.5 Å². The van der Waals surface area contributed by atoms with Crippen molar-refractivity contribution in [2.24, 2.45) is 0 Å². The first-order chi connectivity index (χ1) is 9.60. The summed E-state index contributed by atoms with van der Waals surface area (Å²) in [6, 6.07) is 6.87. The van der Waals surface area contributed by atoms with Gasteiger partial charge in [0.05, 0.1) is 19.3 Å². The topological polar surface area (TPSA) is 59.0 Å². The van der Waals surface area contributed by atoms with Gasteiger partial charge >= 0.3 is 0 Å². The number of hydrogen-bond donors (Lipinski definition) is 1. The monoisotopic (exact) mass is 299 g/mol. The fourth-order valence-corrected chi connectivity index (χ4v) is 2.18. The number of amides is 1. The minimum atomic E-state index is -0.589. The number of morpholine rings is 1. The number of nitrogens with zero attached hydrogens (tertiary/aromatic N) is 1. The van der Waals surface area contributed by atoms with Gasteiger partial charge in [-0.15, -0.1) is 0 Å². The molecule has 2 rings (SSSR count). The summed E-state index contributed by atoms with van der Waals surface area (Å²) in [5, 5.41) is 9.70. The van der Waals surface area contributed by atoms with Crippen molar-refractivity contribution in [3.05, 3.63) is 29.3 Å². The Hall–Kier alpha value is -1.30. The van der Waals surface area contributed by atoms with Crippen LogP contribution in [0.3, 0.4) is 0 Å². The van der Waals surface area contributed by atoms with Crippen molar-refractivity contribution >= 4 is 17.5 Å². The van der Waals surface area contributed by atoms with Gasteiger partial charge in [0, 0.05) is 18.1 Å². The molecule has 1 N–H and O–H groups in total. The highest BCUT2D eigenvalue weighted by atomic mass is 35.5. The van der Waals surface area contributed by atoms with Gasteiger partial charge in [0.25, 0.3) is 5.91 Å². The lowest BCUT2D eigenvalue weighted by molar-refractivity contribution is -0.146. The molecule has 2 unspecified atom stereocenters. The summed E-state index contributed by atoms with van der Waals surface area (Å²) in [5.74, 6) is 0.490. The highest BCUT2D eigenvalue weighted by molar-refractivity contribution is 6.30. The number of carbonyl (C=O) groups excluding carboxylic acids is 1. The molecule has 0 spiro atoms. The summed E-state index contributed by atoms with van der Waals surface area (Å²) in [7, 11) is 0. The quantitative estimate of drug-likeness (QED) is 0.911. The van der Waals surface area contributed by atoms with Gasteiger partial charge in [-0.25, -0.2) is 0 Å². The maximum absolute atomic E-state index is 12.3. The molecule has 20 heavy (non-hydrogen) atoms. The molecule has 1 amide bonds. The molecule has 110 valence electrons. The van der Waals surface area contributed by atoms with Crippen molar-refractivity contribution in [2.45, 2.75) is 19.1 Å². The molecule has 0 bridgehead atoms. The van der Waals surface area contributed by atoms with Crippen molar-refractivity contribution < 1.29 is 19.4 Å². The number of aliphatic hydroxyl groups excluding tert-OH is 1. The largest absolute Gasteiger partial charge is 0.481 e. The SMILES string of the molecule is CC(Oc1ccc(Cl)cc1)C(=O)N1CCOC(CO)C1. The van der Waals surface area contributed by atoms with Crippen molar-refractivity contribution in [1.82, 2.24) is 4.90 Å². The molecule has 1 aromatic carbocycles. The first-order valence-electron chi connectivity index (χ1n) is 6.53. The molecular weight excluding hydrogens is 282 g/mol. The van der Waals surface area contributed by atoms with Crippen LogP contribution in [0.1, 0.15) is 6.92 Å². The summed E-state index contributed by atoms with van der Waals surface area (Å²) < 4.78 is 10.9. The molecule has 0 aromatic heterocycles. The molecule has 0 aliphatic carbocycles. The Morgan fingerprint density at radius 3 is 2.90 bits per heavy atom. The highest BCUT2D eigenvalue weighted by Crippen LogP contribution is 2.18. The van der Waals surface area contributed by atoms with Gasteiger partial charge in [-0.05, 0) is 31.2 Å². The lowest BCUT2D eigenvalue weighted by Gasteiger charge is -2.33. The predicted octanol–water partition coefficient (Wildman–Crippen LogP) is 1.33. The molecule has 1 heterocycles. The lowest BCUT2D eigenvalue weighted by atomic mass is 10.2. The molecule has 5 nitrogen and oxygen atoms in total. The molecule has 1 aromatic rings. The smallest absolute Gasteiger partial charge is 0.263 e. The Morgan fingerprint density at radius 1 is 1.55 bits per heavy atom. The Kier molecular flexibility index (Phi) is 5.23. The third kappa shape index (κ3) is 3.85. The maximum Gasteiger partial charge on any atom is 0.263 e. The van der Waals surface area contributed by atoms with E-state index in [1.54, 1.807) is 36.1 Å². The number of halogens is 1. The normalized spacial score (nSPS) is 20.6. The van der Waals surface area contributed by atoms with E-state index in [0.717, 1.165) is 0 Å². The number of aliphatic hydroxyl groups is 1. The Labute approximate surface area is 123 Å². The zero-order valence-corrected chi connectivity index (χ0v) is 12.0. The minimum absolute atomic E-state index is 0.0871. The van der Waals surface area contributed by atoms with Crippen LogP contribution in [0, 0.1) is 0 Å². The second-order valence-corrected chi connectivity index (χ2v) is 5.11. The fourth-order valence-electron chi connectivity index (χ4n) is 2.05. The van der Waals surface area contributed by atoms with E-state index in [4.69, 9.17) is 26.2 Å². The Morgan fingerprint density at radius 2 is 2.25 bits per heavy atom. The zero-order chi connectivity index (χ0) is 14.5. The lowest BCUT2D eigenvalue weighted by Crippen LogP contribution is -2.50. The molecule has 6 heteroatoms. The average molecular weight is 300 g/mol. The third-order valence-corrected chi connectivity index (χ3v) is 3.38. The molecule has 0 radical (unpaired) electrons. The number of rotatable bonds is 4. The van der Waals surface area contributed by atoms with Gasteiger partial charge in [0.1, 0.15) is 5.75 Å². The van der Waals surface area contributed by atoms with Crippen molar-refractivity contribution in [3.63, 3.8) is 0 Å². The Bertz CT molecular complexity index is 451. The summed E-state index contributed by atoms with van der Waals surface area (Å²) >= 11 is 5.80. The summed E-state index contributed by atoms with van der Waals surface area (Å²) in [4.78, 5) is 13.9. The van der Waals surface area contributed by atoms with Crippen LogP contribution in [-0.4, -0.2) is 54.4 Å². The van der Waals surface area contributed by atoms with E-state index in [1.165, 1.54) is 0 Å². The molecule has 0 saturated carbocycles. The van der Waals surface area contributed by atoms with Crippen molar-refractivity contribution in [2.75, 3.05) is 26.3 Å². The first-order valence-corrected chi connectivity index (χ1v) is 6.91. The average Bonchev–Trinajstić information content (AvgIpc) is 2.48. The number of hydrogen-bond acceptors (Lipinski definition) is 4. The van der Waals surface area contributed by atoms with E-state index in [-0.39, 0.29) is 18.6 Å². The van der Waals surface area contributed by atoms with Gasteiger partial charge < -0.3 is 19.5 Å². The number of carbonyl (C=O) groups is 1. The van der Waals surface area contributed by atoms with Crippen LogP contribution in [0.2, 0.25) is 5.02 Å². The highest BCUT2D eigenvalue weighted by Gasteiger charge is 2.27. The van der Waals surface area contributed by atoms with Crippen LogP contribution < -0.4 is 4.74 Å². The van der Waals surface area contributed by atoms with Gasteiger partial charge in [-0.1, -0.05) is 11.6 Å². The molecule has 1 saturated heterocycles. The maximum atomic E-state index is 12.3. The minimum Gasteiger partial charge on any atom is -0.481 e. The zero-order valence-electron chi connectivity index (χ0n) is 11.3. The van der Waals surface area contributed by atoms with Crippen LogP contribution in [0.25, 0.3) is 0 Å². The van der Waals surface area contributed by atoms with E-state index < -0.39 is 6.10 Å². The van der Waals surface area contributed by atoms with E-state index >= 15 is 0 Å². The Balaban J connectivity index is 1.92. The van der Waals surface area contributed by atoms with Crippen LogP contribution in [-0.2, 0) is 9.53 Å². The molecule has 1 aliphatic rings. The van der Waals surface area contributed by atoms with Gasteiger partial charge in [0.2, 0.25) is 0 Å². The summed E-state index contributed by atoms with van der Waals surface area (Å²) in [5.41, 5.74) is 0. The second-order valence-electron chi connectivity index (χ2n) is 4.67. The third-order valence-electron chi connectivity index (χ3n) is 3.13. The summed E-state index contributed by atoms with van der Waals surface area (Å²) in [6.07, 6.45) is -0.899. The molecule has 1 aliphatic heterocycles. The molecule has 2 atom stereocenters. The molecular formula is C14H18ClNO4. The van der Waals surface area contributed by atoms with E-state index in [2.05, 4.69) is 0 Å². The van der Waals surface area contributed by atoms with E-state index in [9.17, 15) is 4.79 Å². The van der Waals surface area contributed by atoms with Crippen LogP contribution in [0.4, 0.5) is 0 Å². The van der Waals surface area contributed by atoms with Crippen LogP contribution >= 0.6 is 11.6 Å². The van der Waals surface area contributed by atoms with Gasteiger partial charge in [-0.2, -0.15) is 0 Å². The standard InChI is InChI=1S/C14H18ClNO4/c1-10(20-12-4-2-11(15)3-5-12)14(18)16-6-7-19-13(8-16)9-17/h2-5,10,13,17H,6-9H2,1H3. The predicted molar refractivity (Wildman–Crippen MR) is 74.9 cm³/mol. The van der Waals surface area contributed by atoms with Crippen molar-refractivity contribution in [1.29, 1.82) is 0 Å². The fraction of sp³-hybridized carbons (Fsp3) is 0.500. The van der Waals surface area contributed by atoms with Gasteiger partial charge in [-0.3, -0.25) is 4.79 Å².